The largest absolute Gasteiger partial charge is 0.512 e. The maximum absolute atomic E-state index is 10.6. The van der Waals surface area contributed by atoms with Crippen molar-refractivity contribution in [3.05, 3.63) is 52.9 Å². The summed E-state index contributed by atoms with van der Waals surface area (Å²) in [7, 11) is 0. The number of carboxylic acid groups (broad SMARTS) is 1. The number of nitriles is 1. The summed E-state index contributed by atoms with van der Waals surface area (Å²) in [6.07, 6.45) is 0.971. The topological polar surface area (TPSA) is 90.5 Å². The molecule has 0 spiro atoms. The van der Waals surface area contributed by atoms with Gasteiger partial charge in [0.25, 0.3) is 0 Å². The molecule has 144 valence electrons. The molecule has 4 atom stereocenters. The van der Waals surface area contributed by atoms with Gasteiger partial charge in [-0.3, -0.25) is 0 Å². The molecule has 0 unspecified atom stereocenters. The highest BCUT2D eigenvalue weighted by Crippen LogP contribution is 2.40. The van der Waals surface area contributed by atoms with Gasteiger partial charge >= 0.3 is 6.16 Å². The lowest BCUT2D eigenvalue weighted by atomic mass is 9.85. The van der Waals surface area contributed by atoms with Gasteiger partial charge in [0.2, 0.25) is 0 Å². The second-order valence-electron chi connectivity index (χ2n) is 6.84. The molecule has 1 aliphatic rings. The normalized spacial score (nSPS) is 23.4. The minimum Gasteiger partial charge on any atom is -0.449 e. The molecule has 0 aliphatic heterocycles. The first-order chi connectivity index (χ1) is 13.6. The third kappa shape index (κ3) is 5.13. The molecule has 1 aromatic carbocycles. The van der Waals surface area contributed by atoms with E-state index in [9.17, 15) is 15.2 Å². The maximum atomic E-state index is 10.6. The van der Waals surface area contributed by atoms with Gasteiger partial charge in [-0.05, 0) is 55.9 Å². The lowest BCUT2D eigenvalue weighted by Crippen LogP contribution is -2.19. The van der Waals surface area contributed by atoms with E-state index in [4.69, 9.17) is 5.11 Å². The quantitative estimate of drug-likeness (QED) is 0.581. The first-order valence-corrected chi connectivity index (χ1v) is 10.0. The van der Waals surface area contributed by atoms with E-state index in [0.717, 1.165) is 29.7 Å². The summed E-state index contributed by atoms with van der Waals surface area (Å²) >= 11 is 1.31. The Kier molecular flexibility index (Phi) is 6.71. The Bertz CT molecular complexity index is 906. The Morgan fingerprint density at radius 2 is 2.04 bits per heavy atom. The number of aryl methyl sites for hydroxylation is 1. The lowest BCUT2D eigenvalue weighted by molar-refractivity contribution is 0.144. The monoisotopic (exact) mass is 395 g/mol. The Morgan fingerprint density at radius 1 is 1.25 bits per heavy atom. The molecular weight excluding hydrogens is 374 g/mol. The average Bonchev–Trinajstić information content (AvgIpc) is 3.24. The second kappa shape index (κ2) is 9.41. The summed E-state index contributed by atoms with van der Waals surface area (Å²) in [6.45, 7) is 0. The van der Waals surface area contributed by atoms with Crippen molar-refractivity contribution in [2.24, 2.45) is 17.8 Å². The van der Waals surface area contributed by atoms with Crippen molar-refractivity contribution in [1.29, 1.82) is 5.26 Å². The first kappa shape index (κ1) is 19.9. The van der Waals surface area contributed by atoms with E-state index in [1.807, 2.05) is 36.4 Å². The van der Waals surface area contributed by atoms with Crippen LogP contribution in [0.2, 0.25) is 0 Å². The molecule has 0 saturated heterocycles. The van der Waals surface area contributed by atoms with E-state index in [1.165, 1.54) is 11.3 Å². The Labute approximate surface area is 168 Å². The molecule has 1 fully saturated rings. The van der Waals surface area contributed by atoms with Crippen LogP contribution in [0.3, 0.4) is 0 Å². The van der Waals surface area contributed by atoms with E-state index < -0.39 is 12.3 Å². The minimum atomic E-state index is -1.31. The smallest absolute Gasteiger partial charge is 0.449 e. The van der Waals surface area contributed by atoms with Crippen molar-refractivity contribution >= 4 is 17.5 Å². The third-order valence-electron chi connectivity index (χ3n) is 5.00. The Morgan fingerprint density at radius 3 is 2.75 bits per heavy atom. The van der Waals surface area contributed by atoms with Gasteiger partial charge in [0.05, 0.1) is 24.0 Å². The fourth-order valence-electron chi connectivity index (χ4n) is 3.68. The van der Waals surface area contributed by atoms with Crippen molar-refractivity contribution in [3.63, 3.8) is 0 Å². The number of ether oxygens (including phenoxy) is 1. The zero-order valence-corrected chi connectivity index (χ0v) is 16.1. The first-order valence-electron chi connectivity index (χ1n) is 9.20. The SMILES string of the molecule is N#C[C@@H]1C[C@@H](O)[C@H](C#Cc2ccccc2)[C@H]1CCCc1ccc(OC(=O)O)s1. The van der Waals surface area contributed by atoms with Crippen molar-refractivity contribution in [2.75, 3.05) is 0 Å². The molecule has 0 bridgehead atoms. The molecule has 1 aromatic heterocycles. The number of benzene rings is 1. The zero-order chi connectivity index (χ0) is 19.9. The number of rotatable bonds is 5. The molecule has 1 aliphatic carbocycles. The van der Waals surface area contributed by atoms with Crippen LogP contribution in [0.15, 0.2) is 42.5 Å². The Balaban J connectivity index is 1.62. The highest BCUT2D eigenvalue weighted by molar-refractivity contribution is 7.13. The number of hydrogen-bond acceptors (Lipinski definition) is 5. The van der Waals surface area contributed by atoms with Crippen LogP contribution in [-0.4, -0.2) is 22.5 Å². The van der Waals surface area contributed by atoms with Crippen LogP contribution in [0.1, 0.15) is 29.7 Å². The molecule has 2 aromatic rings. The predicted octanol–water partition coefficient (Wildman–Crippen LogP) is 4.32. The van der Waals surface area contributed by atoms with Crippen LogP contribution in [0.25, 0.3) is 0 Å². The van der Waals surface area contributed by atoms with Crippen LogP contribution in [0.5, 0.6) is 5.06 Å². The molecule has 5 nitrogen and oxygen atoms in total. The van der Waals surface area contributed by atoms with Gasteiger partial charge in [-0.15, -0.1) is 11.3 Å². The Hall–Kier alpha value is -2.80. The number of aliphatic hydroxyl groups excluding tert-OH is 1. The second-order valence-corrected chi connectivity index (χ2v) is 7.98. The molecule has 2 N–H and O–H groups in total. The summed E-state index contributed by atoms with van der Waals surface area (Å²) in [5.41, 5.74) is 0.901. The lowest BCUT2D eigenvalue weighted by Gasteiger charge is -2.18. The van der Waals surface area contributed by atoms with Crippen molar-refractivity contribution in [3.8, 4) is 23.0 Å². The third-order valence-corrected chi connectivity index (χ3v) is 6.02. The fraction of sp³-hybridized carbons (Fsp3) is 0.364. The van der Waals surface area contributed by atoms with E-state index in [-0.39, 0.29) is 17.8 Å². The van der Waals surface area contributed by atoms with Crippen LogP contribution in [-0.2, 0) is 6.42 Å². The highest BCUT2D eigenvalue weighted by Gasteiger charge is 2.41. The summed E-state index contributed by atoms with van der Waals surface area (Å²) in [5.74, 6) is 5.96. The average molecular weight is 395 g/mol. The van der Waals surface area contributed by atoms with Gasteiger partial charge in [-0.1, -0.05) is 30.0 Å². The van der Waals surface area contributed by atoms with Gasteiger partial charge in [0.1, 0.15) is 0 Å². The van der Waals surface area contributed by atoms with Crippen molar-refractivity contribution in [1.82, 2.24) is 0 Å². The van der Waals surface area contributed by atoms with Gasteiger partial charge < -0.3 is 14.9 Å². The van der Waals surface area contributed by atoms with Crippen LogP contribution in [0.4, 0.5) is 4.79 Å². The van der Waals surface area contributed by atoms with Gasteiger partial charge in [0, 0.05) is 10.4 Å². The summed E-state index contributed by atoms with van der Waals surface area (Å²) in [5, 5.41) is 28.9. The standard InChI is InChI=1S/C22H21NO4S/c23-14-16-13-20(24)19(11-9-15-5-2-1-3-6-15)18(16)8-4-7-17-10-12-21(28-17)27-22(25)26/h1-3,5-6,10,12,16,18-20,24H,4,7-8,13H2,(H,25,26)/t16-,18-,19+,20+/m0/s1. The van der Waals surface area contributed by atoms with Gasteiger partial charge in [-0.2, -0.15) is 5.26 Å². The highest BCUT2D eigenvalue weighted by atomic mass is 32.1. The van der Waals surface area contributed by atoms with Crippen LogP contribution >= 0.6 is 11.3 Å². The van der Waals surface area contributed by atoms with Crippen molar-refractivity contribution in [2.45, 2.75) is 31.8 Å². The van der Waals surface area contributed by atoms with Gasteiger partial charge in [-0.25, -0.2) is 4.79 Å². The van der Waals surface area contributed by atoms with Gasteiger partial charge in [0.15, 0.2) is 5.06 Å². The summed E-state index contributed by atoms with van der Waals surface area (Å²) < 4.78 is 4.65. The molecule has 1 heterocycles. The maximum Gasteiger partial charge on any atom is 0.512 e. The fourth-order valence-corrected chi connectivity index (χ4v) is 4.57. The minimum absolute atomic E-state index is 0.0333. The van der Waals surface area contributed by atoms with Crippen LogP contribution in [0, 0.1) is 40.9 Å². The van der Waals surface area contributed by atoms with Crippen LogP contribution < -0.4 is 4.74 Å². The summed E-state index contributed by atoms with van der Waals surface area (Å²) in [4.78, 5) is 11.6. The molecule has 3 rings (SSSR count). The van der Waals surface area contributed by atoms with E-state index in [1.54, 1.807) is 6.07 Å². The van der Waals surface area contributed by atoms with Crippen molar-refractivity contribution < 1.29 is 19.7 Å². The zero-order valence-electron chi connectivity index (χ0n) is 15.2. The van der Waals surface area contributed by atoms with E-state index in [0.29, 0.717) is 11.5 Å². The number of thiophene rings is 1. The molecule has 28 heavy (non-hydrogen) atoms. The van der Waals surface area contributed by atoms with E-state index >= 15 is 0 Å². The molecular formula is C22H21NO4S. The molecule has 0 amide bonds. The van der Waals surface area contributed by atoms with E-state index in [2.05, 4.69) is 22.6 Å². The number of carbonyl (C=O) groups is 1. The molecule has 0 radical (unpaired) electrons. The number of hydrogen-bond donors (Lipinski definition) is 2. The predicted molar refractivity (Wildman–Crippen MR) is 106 cm³/mol. The molecule has 6 heteroatoms. The molecule has 1 saturated carbocycles. The number of nitrogens with zero attached hydrogens (tertiary/aromatic N) is 1. The summed E-state index contributed by atoms with van der Waals surface area (Å²) in [6, 6.07) is 15.5. The number of aliphatic hydroxyl groups is 1.